The number of aliphatic hydroxyl groups excluding tert-OH is 1. The van der Waals surface area contributed by atoms with E-state index in [0.717, 1.165) is 0 Å². The Balaban J connectivity index is 2.09. The number of nitrogens with one attached hydrogen (secondary N) is 3. The summed E-state index contributed by atoms with van der Waals surface area (Å²) in [7, 11) is 0.277. The summed E-state index contributed by atoms with van der Waals surface area (Å²) in [4.78, 5) is 26.2. The second-order valence-corrected chi connectivity index (χ2v) is 10.1. The van der Waals surface area contributed by atoms with E-state index in [1.807, 2.05) is 4.72 Å². The number of benzene rings is 2. The number of halogens is 1. The molecule has 11 nitrogen and oxygen atoms in total. The van der Waals surface area contributed by atoms with Crippen LogP contribution in [-0.2, 0) is 23.2 Å². The first kappa shape index (κ1) is 28.1. The number of rotatable bonds is 10. The summed E-state index contributed by atoms with van der Waals surface area (Å²) in [6, 6.07) is 8.44. The zero-order chi connectivity index (χ0) is 27.3. The van der Waals surface area contributed by atoms with E-state index in [9.17, 15) is 23.1 Å². The van der Waals surface area contributed by atoms with Gasteiger partial charge in [-0.1, -0.05) is 12.1 Å². The fourth-order valence-corrected chi connectivity index (χ4v) is 3.99. The zero-order valence-corrected chi connectivity index (χ0v) is 21.6. The molecular formula is C24H29FN4O7S. The first-order valence-corrected chi connectivity index (χ1v) is 12.7. The van der Waals surface area contributed by atoms with Gasteiger partial charge in [-0.3, -0.25) is 4.72 Å². The van der Waals surface area contributed by atoms with Gasteiger partial charge in [0.25, 0.3) is 10.2 Å². The van der Waals surface area contributed by atoms with Crippen LogP contribution in [0.2, 0.25) is 0 Å². The fraction of sp³-hybridized carbons (Fsp3) is 0.333. The highest BCUT2D eigenvalue weighted by Gasteiger charge is 2.20. The Morgan fingerprint density at radius 2 is 1.95 bits per heavy atom. The molecule has 13 heteroatoms. The van der Waals surface area contributed by atoms with Crippen LogP contribution in [0.5, 0.6) is 5.75 Å². The predicted octanol–water partition coefficient (Wildman–Crippen LogP) is 1.93. The summed E-state index contributed by atoms with van der Waals surface area (Å²) in [5.41, 5.74) is -0.151. The minimum atomic E-state index is -3.96. The van der Waals surface area contributed by atoms with Gasteiger partial charge in [0.15, 0.2) is 5.82 Å². The minimum Gasteiger partial charge on any atom is -0.422 e. The number of carbonyl (C=O) groups excluding carboxylic acids is 1. The highest BCUT2D eigenvalue weighted by molar-refractivity contribution is 7.90. The van der Waals surface area contributed by atoms with Crippen LogP contribution < -0.4 is 25.1 Å². The SMILES string of the molecule is CNS(=O)(=O)Nc1cccc(Cc2c(CNC(C)CO)c3ccc(OC(=O)N(C)C)cc3oc2=O)c1F. The molecule has 200 valence electrons. The summed E-state index contributed by atoms with van der Waals surface area (Å²) in [6.45, 7) is 1.74. The highest BCUT2D eigenvalue weighted by atomic mass is 32.2. The second kappa shape index (κ2) is 11.7. The van der Waals surface area contributed by atoms with Gasteiger partial charge in [-0.25, -0.2) is 18.7 Å². The molecule has 3 rings (SSSR count). The Kier molecular flexibility index (Phi) is 8.86. The molecule has 0 bridgehead atoms. The number of carbonyl (C=O) groups is 1. The normalized spacial score (nSPS) is 12.4. The van der Waals surface area contributed by atoms with Gasteiger partial charge in [-0.2, -0.15) is 8.42 Å². The van der Waals surface area contributed by atoms with Crippen LogP contribution in [0.4, 0.5) is 14.9 Å². The molecule has 1 aromatic heterocycles. The van der Waals surface area contributed by atoms with Crippen molar-refractivity contribution in [1.29, 1.82) is 0 Å². The molecule has 0 aliphatic heterocycles. The van der Waals surface area contributed by atoms with E-state index in [2.05, 4.69) is 10.0 Å². The molecule has 0 spiro atoms. The fourth-order valence-electron chi connectivity index (χ4n) is 3.44. The van der Waals surface area contributed by atoms with E-state index in [1.54, 1.807) is 19.1 Å². The zero-order valence-electron chi connectivity index (χ0n) is 20.8. The average molecular weight is 537 g/mol. The third kappa shape index (κ3) is 6.83. The third-order valence-corrected chi connectivity index (χ3v) is 6.55. The van der Waals surface area contributed by atoms with Crippen LogP contribution in [0.3, 0.4) is 0 Å². The van der Waals surface area contributed by atoms with Crippen molar-refractivity contribution < 1.29 is 31.9 Å². The largest absolute Gasteiger partial charge is 0.422 e. The third-order valence-electron chi connectivity index (χ3n) is 5.52. The van der Waals surface area contributed by atoms with Gasteiger partial charge in [-0.05, 0) is 36.2 Å². The van der Waals surface area contributed by atoms with E-state index in [-0.39, 0.29) is 53.8 Å². The predicted molar refractivity (Wildman–Crippen MR) is 136 cm³/mol. The highest BCUT2D eigenvalue weighted by Crippen LogP contribution is 2.28. The molecule has 1 unspecified atom stereocenters. The maximum atomic E-state index is 15.2. The van der Waals surface area contributed by atoms with Crippen LogP contribution in [0.15, 0.2) is 45.6 Å². The molecule has 0 aliphatic carbocycles. The molecule has 0 saturated heterocycles. The Morgan fingerprint density at radius 3 is 2.59 bits per heavy atom. The standard InChI is InChI=1S/C24H29FN4O7S/c1-14(13-30)27-12-19-17-9-8-16(35-24(32)29(3)4)11-21(17)36-23(31)18(19)10-15-6-5-7-20(22(15)25)28-37(33,34)26-2/h5-9,11,14,26-28,30H,10,12-13H2,1-4H3. The van der Waals surface area contributed by atoms with Crippen molar-refractivity contribution in [2.75, 3.05) is 32.5 Å². The summed E-state index contributed by atoms with van der Waals surface area (Å²) in [5, 5.41) is 13.0. The maximum absolute atomic E-state index is 15.2. The summed E-state index contributed by atoms with van der Waals surface area (Å²) in [5.74, 6) is -0.672. The van der Waals surface area contributed by atoms with Crippen molar-refractivity contribution in [1.82, 2.24) is 14.9 Å². The van der Waals surface area contributed by atoms with Gasteiger partial charge in [0, 0.05) is 57.2 Å². The first-order chi connectivity index (χ1) is 17.5. The second-order valence-electron chi connectivity index (χ2n) is 8.50. The van der Waals surface area contributed by atoms with Crippen molar-refractivity contribution in [3.8, 4) is 5.75 Å². The van der Waals surface area contributed by atoms with Crippen LogP contribution >= 0.6 is 0 Å². The van der Waals surface area contributed by atoms with Gasteiger partial charge < -0.3 is 24.5 Å². The molecule has 0 saturated carbocycles. The Hall–Kier alpha value is -3.52. The van der Waals surface area contributed by atoms with Gasteiger partial charge in [-0.15, -0.1) is 0 Å². The lowest BCUT2D eigenvalue weighted by Crippen LogP contribution is -2.30. The van der Waals surface area contributed by atoms with Crippen LogP contribution in [-0.4, -0.2) is 58.3 Å². The number of amides is 1. The summed E-state index contributed by atoms with van der Waals surface area (Å²) >= 11 is 0. The Morgan fingerprint density at radius 1 is 1.22 bits per heavy atom. The van der Waals surface area contributed by atoms with Gasteiger partial charge in [0.05, 0.1) is 12.3 Å². The molecule has 1 atom stereocenters. The molecule has 37 heavy (non-hydrogen) atoms. The maximum Gasteiger partial charge on any atom is 0.414 e. The topological polar surface area (TPSA) is 150 Å². The number of hydrogen-bond acceptors (Lipinski definition) is 8. The van der Waals surface area contributed by atoms with Crippen molar-refractivity contribution in [3.63, 3.8) is 0 Å². The van der Waals surface area contributed by atoms with E-state index < -0.39 is 27.7 Å². The molecule has 0 radical (unpaired) electrons. The molecule has 3 aromatic rings. The molecular weight excluding hydrogens is 507 g/mol. The van der Waals surface area contributed by atoms with Crippen LogP contribution in [0.1, 0.15) is 23.6 Å². The van der Waals surface area contributed by atoms with Crippen molar-refractivity contribution in [3.05, 3.63) is 69.3 Å². The number of ether oxygens (including phenoxy) is 1. The lowest BCUT2D eigenvalue weighted by atomic mass is 9.97. The monoisotopic (exact) mass is 536 g/mol. The van der Waals surface area contributed by atoms with Crippen molar-refractivity contribution in [2.45, 2.75) is 25.9 Å². The van der Waals surface area contributed by atoms with Crippen LogP contribution in [0, 0.1) is 5.82 Å². The van der Waals surface area contributed by atoms with E-state index in [0.29, 0.717) is 10.9 Å². The molecule has 0 aliphatic rings. The Bertz CT molecular complexity index is 1460. The van der Waals surface area contributed by atoms with Crippen LogP contribution in [0.25, 0.3) is 11.0 Å². The lowest BCUT2D eigenvalue weighted by Gasteiger charge is -2.17. The molecule has 4 N–H and O–H groups in total. The minimum absolute atomic E-state index is 0.0657. The summed E-state index contributed by atoms with van der Waals surface area (Å²) in [6.07, 6.45) is -0.803. The quantitative estimate of drug-likeness (QED) is 0.287. The molecule has 1 amide bonds. The summed E-state index contributed by atoms with van der Waals surface area (Å²) < 4.78 is 53.8. The molecule has 2 aromatic carbocycles. The van der Waals surface area contributed by atoms with E-state index in [4.69, 9.17) is 9.15 Å². The van der Waals surface area contributed by atoms with E-state index in [1.165, 1.54) is 50.3 Å². The van der Waals surface area contributed by atoms with Gasteiger partial charge in [0.1, 0.15) is 11.3 Å². The van der Waals surface area contributed by atoms with Crippen molar-refractivity contribution >= 4 is 33.0 Å². The van der Waals surface area contributed by atoms with Gasteiger partial charge >= 0.3 is 11.7 Å². The van der Waals surface area contributed by atoms with E-state index >= 15 is 4.39 Å². The number of aliphatic hydroxyl groups is 1. The number of anilines is 1. The number of fused-ring (bicyclic) bond motifs is 1. The van der Waals surface area contributed by atoms with Crippen molar-refractivity contribution in [2.24, 2.45) is 0 Å². The average Bonchev–Trinajstić information content (AvgIpc) is 2.85. The Labute approximate surface area is 213 Å². The number of hydrogen-bond donors (Lipinski definition) is 4. The molecule has 0 fully saturated rings. The number of nitrogens with zero attached hydrogens (tertiary/aromatic N) is 1. The lowest BCUT2D eigenvalue weighted by molar-refractivity contribution is 0.172. The smallest absolute Gasteiger partial charge is 0.414 e. The van der Waals surface area contributed by atoms with Gasteiger partial charge in [0.2, 0.25) is 0 Å². The molecule has 1 heterocycles. The first-order valence-electron chi connectivity index (χ1n) is 11.3.